The standard InChI is InChI=1S/C18H25N3O4/c1-24-15-5-3-4-12(17(15)25-2)11-21-9-8-19-18(23)14(21)10-16(22)20-13-6-7-13/h3-5,13-14H,6-11H2,1-2H3,(H,19,23)(H,20,22)/t14-/m1/s1. The van der Waals surface area contributed by atoms with Gasteiger partial charge in [-0.2, -0.15) is 0 Å². The van der Waals surface area contributed by atoms with Gasteiger partial charge in [0.05, 0.1) is 26.7 Å². The maximum Gasteiger partial charge on any atom is 0.237 e. The molecular weight excluding hydrogens is 322 g/mol. The number of hydrogen-bond acceptors (Lipinski definition) is 5. The van der Waals surface area contributed by atoms with Crippen LogP contribution in [0.5, 0.6) is 11.5 Å². The number of carbonyl (C=O) groups excluding carboxylic acids is 2. The lowest BCUT2D eigenvalue weighted by atomic mass is 10.1. The van der Waals surface area contributed by atoms with Gasteiger partial charge in [0, 0.05) is 31.2 Å². The molecule has 2 amide bonds. The molecule has 1 aliphatic carbocycles. The fourth-order valence-corrected chi connectivity index (χ4v) is 3.16. The Hall–Kier alpha value is -2.28. The minimum atomic E-state index is -0.469. The van der Waals surface area contributed by atoms with Crippen LogP contribution in [0.2, 0.25) is 0 Å². The van der Waals surface area contributed by atoms with Gasteiger partial charge in [0.1, 0.15) is 0 Å². The highest BCUT2D eigenvalue weighted by atomic mass is 16.5. The van der Waals surface area contributed by atoms with Crippen LogP contribution >= 0.6 is 0 Å². The van der Waals surface area contributed by atoms with Gasteiger partial charge in [0.2, 0.25) is 11.8 Å². The molecule has 0 bridgehead atoms. The smallest absolute Gasteiger partial charge is 0.237 e. The number of benzene rings is 1. The number of para-hydroxylation sites is 1. The first-order valence-electron chi connectivity index (χ1n) is 8.63. The number of methoxy groups -OCH3 is 2. The van der Waals surface area contributed by atoms with E-state index in [0.29, 0.717) is 37.2 Å². The van der Waals surface area contributed by atoms with Gasteiger partial charge in [0.15, 0.2) is 11.5 Å². The van der Waals surface area contributed by atoms with Crippen molar-refractivity contribution in [3.63, 3.8) is 0 Å². The van der Waals surface area contributed by atoms with Crippen molar-refractivity contribution in [3.8, 4) is 11.5 Å². The molecule has 0 aromatic heterocycles. The van der Waals surface area contributed by atoms with Crippen LogP contribution in [0.3, 0.4) is 0 Å². The SMILES string of the molecule is COc1cccc(CN2CCNC(=O)[C@H]2CC(=O)NC2CC2)c1OC. The molecule has 7 heteroatoms. The van der Waals surface area contributed by atoms with Crippen molar-refractivity contribution in [2.24, 2.45) is 0 Å². The van der Waals surface area contributed by atoms with Gasteiger partial charge < -0.3 is 20.1 Å². The second-order valence-corrected chi connectivity index (χ2v) is 6.48. The summed E-state index contributed by atoms with van der Waals surface area (Å²) in [7, 11) is 3.20. The summed E-state index contributed by atoms with van der Waals surface area (Å²) < 4.78 is 10.8. The summed E-state index contributed by atoms with van der Waals surface area (Å²) in [6, 6.07) is 5.52. The predicted octanol–water partition coefficient (Wildman–Crippen LogP) is 0.673. The number of amides is 2. The molecule has 2 N–H and O–H groups in total. The average Bonchev–Trinajstić information content (AvgIpc) is 3.41. The molecule has 25 heavy (non-hydrogen) atoms. The minimum absolute atomic E-state index is 0.0628. The normalized spacial score (nSPS) is 20.7. The van der Waals surface area contributed by atoms with Gasteiger partial charge in [0.25, 0.3) is 0 Å². The molecule has 0 radical (unpaired) electrons. The molecule has 1 atom stereocenters. The molecule has 1 aromatic carbocycles. The Bertz CT molecular complexity index is 645. The number of carbonyl (C=O) groups is 2. The van der Waals surface area contributed by atoms with Gasteiger partial charge in [-0.3, -0.25) is 14.5 Å². The van der Waals surface area contributed by atoms with E-state index in [0.717, 1.165) is 18.4 Å². The maximum absolute atomic E-state index is 12.3. The predicted molar refractivity (Wildman–Crippen MR) is 92.5 cm³/mol. The van der Waals surface area contributed by atoms with Gasteiger partial charge >= 0.3 is 0 Å². The van der Waals surface area contributed by atoms with Crippen LogP contribution in [0, 0.1) is 0 Å². The van der Waals surface area contributed by atoms with Gasteiger partial charge in [-0.15, -0.1) is 0 Å². The third-order valence-corrected chi connectivity index (χ3v) is 4.62. The topological polar surface area (TPSA) is 79.9 Å². The summed E-state index contributed by atoms with van der Waals surface area (Å²) in [5.74, 6) is 1.16. The monoisotopic (exact) mass is 347 g/mol. The molecule has 3 rings (SSSR count). The molecular formula is C18H25N3O4. The van der Waals surface area contributed by atoms with Crippen LogP contribution in [0.25, 0.3) is 0 Å². The Morgan fingerprint density at radius 1 is 1.32 bits per heavy atom. The number of hydrogen-bond donors (Lipinski definition) is 2. The van der Waals surface area contributed by atoms with Crippen molar-refractivity contribution >= 4 is 11.8 Å². The van der Waals surface area contributed by atoms with E-state index in [4.69, 9.17) is 9.47 Å². The molecule has 1 saturated carbocycles. The van der Waals surface area contributed by atoms with Crippen LogP contribution in [-0.4, -0.2) is 56.1 Å². The average molecular weight is 347 g/mol. The Morgan fingerprint density at radius 3 is 2.80 bits per heavy atom. The molecule has 1 aromatic rings. The highest BCUT2D eigenvalue weighted by molar-refractivity contribution is 5.89. The van der Waals surface area contributed by atoms with Crippen molar-refractivity contribution in [2.75, 3.05) is 27.3 Å². The molecule has 0 unspecified atom stereocenters. The van der Waals surface area contributed by atoms with E-state index in [1.54, 1.807) is 14.2 Å². The quantitative estimate of drug-likeness (QED) is 0.758. The zero-order valence-electron chi connectivity index (χ0n) is 14.7. The molecule has 0 spiro atoms. The summed E-state index contributed by atoms with van der Waals surface area (Å²) in [6.07, 6.45) is 2.25. The van der Waals surface area contributed by atoms with E-state index in [-0.39, 0.29) is 18.2 Å². The van der Waals surface area contributed by atoms with Crippen LogP contribution < -0.4 is 20.1 Å². The molecule has 2 aliphatic rings. The maximum atomic E-state index is 12.3. The zero-order chi connectivity index (χ0) is 17.8. The van der Waals surface area contributed by atoms with Crippen LogP contribution in [0.1, 0.15) is 24.8 Å². The van der Waals surface area contributed by atoms with Crippen LogP contribution in [-0.2, 0) is 16.1 Å². The number of piperazine rings is 1. The van der Waals surface area contributed by atoms with E-state index >= 15 is 0 Å². The molecule has 1 aliphatic heterocycles. The Balaban J connectivity index is 1.74. The van der Waals surface area contributed by atoms with E-state index in [2.05, 4.69) is 10.6 Å². The Labute approximate surface area is 147 Å². The Morgan fingerprint density at radius 2 is 2.12 bits per heavy atom. The first kappa shape index (κ1) is 17.5. The zero-order valence-corrected chi connectivity index (χ0v) is 14.7. The first-order chi connectivity index (χ1) is 12.1. The minimum Gasteiger partial charge on any atom is -0.493 e. The second-order valence-electron chi connectivity index (χ2n) is 6.48. The molecule has 1 saturated heterocycles. The van der Waals surface area contributed by atoms with Gasteiger partial charge in [-0.1, -0.05) is 12.1 Å². The van der Waals surface area contributed by atoms with Crippen molar-refractivity contribution in [1.29, 1.82) is 0 Å². The van der Waals surface area contributed by atoms with Crippen molar-refractivity contribution in [2.45, 2.75) is 37.9 Å². The number of rotatable bonds is 7. The van der Waals surface area contributed by atoms with E-state index in [9.17, 15) is 9.59 Å². The summed E-state index contributed by atoms with van der Waals surface area (Å²) in [5, 5.41) is 5.81. The lowest BCUT2D eigenvalue weighted by molar-refractivity contribution is -0.134. The highest BCUT2D eigenvalue weighted by Crippen LogP contribution is 2.32. The van der Waals surface area contributed by atoms with Gasteiger partial charge in [-0.25, -0.2) is 0 Å². The van der Waals surface area contributed by atoms with E-state index in [1.807, 2.05) is 23.1 Å². The fraction of sp³-hybridized carbons (Fsp3) is 0.556. The second kappa shape index (κ2) is 7.74. The number of ether oxygens (including phenoxy) is 2. The van der Waals surface area contributed by atoms with Crippen molar-refractivity contribution < 1.29 is 19.1 Å². The fourth-order valence-electron chi connectivity index (χ4n) is 3.16. The Kier molecular flexibility index (Phi) is 5.43. The largest absolute Gasteiger partial charge is 0.493 e. The summed E-state index contributed by atoms with van der Waals surface area (Å²) >= 11 is 0. The molecule has 136 valence electrons. The number of nitrogens with one attached hydrogen (secondary N) is 2. The van der Waals surface area contributed by atoms with E-state index < -0.39 is 6.04 Å². The third-order valence-electron chi connectivity index (χ3n) is 4.62. The van der Waals surface area contributed by atoms with Crippen molar-refractivity contribution in [3.05, 3.63) is 23.8 Å². The first-order valence-corrected chi connectivity index (χ1v) is 8.63. The highest BCUT2D eigenvalue weighted by Gasteiger charge is 2.33. The van der Waals surface area contributed by atoms with Gasteiger partial charge in [-0.05, 0) is 18.9 Å². The van der Waals surface area contributed by atoms with Crippen LogP contribution in [0.4, 0.5) is 0 Å². The summed E-state index contributed by atoms with van der Waals surface area (Å²) in [4.78, 5) is 26.5. The summed E-state index contributed by atoms with van der Waals surface area (Å²) in [5.41, 5.74) is 0.934. The number of nitrogens with zero attached hydrogens (tertiary/aromatic N) is 1. The molecule has 2 fully saturated rings. The summed E-state index contributed by atoms with van der Waals surface area (Å²) in [6.45, 7) is 1.79. The molecule has 1 heterocycles. The van der Waals surface area contributed by atoms with E-state index in [1.165, 1.54) is 0 Å². The third kappa shape index (κ3) is 4.22. The lowest BCUT2D eigenvalue weighted by Crippen LogP contribution is -2.56. The van der Waals surface area contributed by atoms with Crippen LogP contribution in [0.15, 0.2) is 18.2 Å². The van der Waals surface area contributed by atoms with Crippen molar-refractivity contribution in [1.82, 2.24) is 15.5 Å². The molecule has 7 nitrogen and oxygen atoms in total. The lowest BCUT2D eigenvalue weighted by Gasteiger charge is -2.35.